The predicted molar refractivity (Wildman–Crippen MR) is 122 cm³/mol. The van der Waals surface area contributed by atoms with Gasteiger partial charge in [-0.2, -0.15) is 0 Å². The standard InChI is InChI=1S/C28H21F3O/c1-32-14-2-3-19-4-8-21(9-5-19)24-17-27(30)26(28(31)18-24)13-7-20-6-10-23-16-25(29)12-11-22(23)15-20/h4-6,8-12,15-18H,2-3,14H2,1H3. The third-order valence-corrected chi connectivity index (χ3v) is 5.28. The van der Waals surface area contributed by atoms with Crippen LogP contribution in [0.2, 0.25) is 0 Å². The van der Waals surface area contributed by atoms with Crippen LogP contribution in [0.5, 0.6) is 0 Å². The molecule has 0 atom stereocenters. The highest BCUT2D eigenvalue weighted by Gasteiger charge is 2.11. The van der Waals surface area contributed by atoms with Gasteiger partial charge in [0.15, 0.2) is 0 Å². The van der Waals surface area contributed by atoms with Gasteiger partial charge in [0.1, 0.15) is 17.5 Å². The van der Waals surface area contributed by atoms with Crippen molar-refractivity contribution in [2.45, 2.75) is 12.8 Å². The molecule has 4 heteroatoms. The molecule has 32 heavy (non-hydrogen) atoms. The molecule has 4 rings (SSSR count). The fourth-order valence-electron chi connectivity index (χ4n) is 3.57. The first-order valence-electron chi connectivity index (χ1n) is 10.3. The summed E-state index contributed by atoms with van der Waals surface area (Å²) in [6.07, 6.45) is 1.80. The molecule has 0 unspecified atom stereocenters. The second-order valence-electron chi connectivity index (χ2n) is 7.56. The first-order valence-corrected chi connectivity index (χ1v) is 10.3. The molecule has 0 radical (unpaired) electrons. The lowest BCUT2D eigenvalue weighted by atomic mass is 10.00. The summed E-state index contributed by atoms with van der Waals surface area (Å²) in [4.78, 5) is 0. The second-order valence-corrected chi connectivity index (χ2v) is 7.56. The van der Waals surface area contributed by atoms with E-state index in [0.717, 1.165) is 34.7 Å². The fourth-order valence-corrected chi connectivity index (χ4v) is 3.57. The Kier molecular flexibility index (Phi) is 6.58. The Morgan fingerprint density at radius 2 is 1.41 bits per heavy atom. The Labute approximate surface area is 185 Å². The van der Waals surface area contributed by atoms with Crippen LogP contribution in [0.15, 0.2) is 72.8 Å². The molecule has 0 amide bonds. The van der Waals surface area contributed by atoms with Gasteiger partial charge in [0.05, 0.1) is 5.56 Å². The summed E-state index contributed by atoms with van der Waals surface area (Å²) in [6.45, 7) is 0.693. The number of hydrogen-bond acceptors (Lipinski definition) is 1. The first kappa shape index (κ1) is 21.7. The van der Waals surface area contributed by atoms with E-state index in [2.05, 4.69) is 11.8 Å². The second kappa shape index (κ2) is 9.72. The highest BCUT2D eigenvalue weighted by atomic mass is 19.1. The maximum Gasteiger partial charge on any atom is 0.142 e. The zero-order valence-electron chi connectivity index (χ0n) is 17.6. The van der Waals surface area contributed by atoms with Gasteiger partial charge < -0.3 is 4.74 Å². The van der Waals surface area contributed by atoms with Gasteiger partial charge in [0.25, 0.3) is 0 Å². The van der Waals surface area contributed by atoms with Gasteiger partial charge in [-0.1, -0.05) is 48.2 Å². The molecular weight excluding hydrogens is 409 g/mol. The molecule has 0 heterocycles. The average molecular weight is 430 g/mol. The van der Waals surface area contributed by atoms with Gasteiger partial charge in [-0.05, 0) is 76.7 Å². The number of fused-ring (bicyclic) bond motifs is 1. The van der Waals surface area contributed by atoms with E-state index in [1.165, 1.54) is 24.3 Å². The summed E-state index contributed by atoms with van der Waals surface area (Å²) < 4.78 is 47.7. The number of methoxy groups -OCH3 is 1. The summed E-state index contributed by atoms with van der Waals surface area (Å²) in [5.41, 5.74) is 2.66. The minimum Gasteiger partial charge on any atom is -0.385 e. The molecule has 0 aliphatic rings. The van der Waals surface area contributed by atoms with E-state index in [1.807, 2.05) is 24.3 Å². The Balaban J connectivity index is 1.57. The van der Waals surface area contributed by atoms with E-state index in [9.17, 15) is 13.2 Å². The van der Waals surface area contributed by atoms with Crippen molar-refractivity contribution in [3.63, 3.8) is 0 Å². The van der Waals surface area contributed by atoms with Gasteiger partial charge >= 0.3 is 0 Å². The van der Waals surface area contributed by atoms with Gasteiger partial charge in [0, 0.05) is 19.3 Å². The molecule has 4 aromatic rings. The minimum absolute atomic E-state index is 0.274. The monoisotopic (exact) mass is 430 g/mol. The lowest BCUT2D eigenvalue weighted by Crippen LogP contribution is -1.94. The third kappa shape index (κ3) is 5.01. The van der Waals surface area contributed by atoms with E-state index < -0.39 is 11.6 Å². The van der Waals surface area contributed by atoms with Crippen molar-refractivity contribution in [1.82, 2.24) is 0 Å². The topological polar surface area (TPSA) is 9.23 Å². The molecule has 0 aliphatic heterocycles. The summed E-state index contributed by atoms with van der Waals surface area (Å²) in [5.74, 6) is 3.67. The third-order valence-electron chi connectivity index (χ3n) is 5.28. The molecule has 4 aromatic carbocycles. The molecular formula is C28H21F3O. The van der Waals surface area contributed by atoms with Crippen molar-refractivity contribution >= 4 is 10.8 Å². The quantitative estimate of drug-likeness (QED) is 0.247. The normalized spacial score (nSPS) is 10.8. The number of ether oxygens (including phenoxy) is 1. The Bertz CT molecular complexity index is 1290. The molecule has 0 bridgehead atoms. The molecule has 0 spiro atoms. The van der Waals surface area contributed by atoms with Crippen LogP contribution in [0.1, 0.15) is 23.1 Å². The zero-order chi connectivity index (χ0) is 22.5. The van der Waals surface area contributed by atoms with E-state index in [1.54, 1.807) is 31.4 Å². The van der Waals surface area contributed by atoms with Crippen molar-refractivity contribution in [2.75, 3.05) is 13.7 Å². The van der Waals surface area contributed by atoms with E-state index in [-0.39, 0.29) is 11.4 Å². The van der Waals surface area contributed by atoms with E-state index in [0.29, 0.717) is 17.7 Å². The maximum atomic E-state index is 14.7. The molecule has 1 nitrogen and oxygen atoms in total. The highest BCUT2D eigenvalue weighted by Crippen LogP contribution is 2.25. The van der Waals surface area contributed by atoms with Crippen LogP contribution in [-0.4, -0.2) is 13.7 Å². The maximum absolute atomic E-state index is 14.7. The fraction of sp³-hybridized carbons (Fsp3) is 0.143. The van der Waals surface area contributed by atoms with E-state index in [4.69, 9.17) is 4.74 Å². The number of halogens is 3. The number of hydrogen-bond donors (Lipinski definition) is 0. The predicted octanol–water partition coefficient (Wildman–Crippen LogP) is 6.90. The Hall–Kier alpha value is -3.55. The van der Waals surface area contributed by atoms with Gasteiger partial charge in [-0.25, -0.2) is 13.2 Å². The van der Waals surface area contributed by atoms with Crippen molar-refractivity contribution < 1.29 is 17.9 Å². The van der Waals surface area contributed by atoms with Crippen molar-refractivity contribution in [3.05, 3.63) is 107 Å². The lowest BCUT2D eigenvalue weighted by molar-refractivity contribution is 0.195. The number of aryl methyl sites for hydroxylation is 1. The summed E-state index contributed by atoms with van der Waals surface area (Å²) in [6, 6.07) is 19.9. The molecule has 0 aromatic heterocycles. The smallest absolute Gasteiger partial charge is 0.142 e. The Morgan fingerprint density at radius 1 is 0.719 bits per heavy atom. The Morgan fingerprint density at radius 3 is 2.12 bits per heavy atom. The summed E-state index contributed by atoms with van der Waals surface area (Å²) in [5, 5.41) is 1.54. The molecule has 0 aliphatic carbocycles. The molecule has 0 saturated heterocycles. The van der Waals surface area contributed by atoms with Gasteiger partial charge in [-0.3, -0.25) is 0 Å². The van der Waals surface area contributed by atoms with Crippen LogP contribution in [0, 0.1) is 29.3 Å². The molecule has 0 N–H and O–H groups in total. The minimum atomic E-state index is -0.709. The van der Waals surface area contributed by atoms with Gasteiger partial charge in [0.2, 0.25) is 0 Å². The van der Waals surface area contributed by atoms with Crippen LogP contribution in [0.25, 0.3) is 21.9 Å². The average Bonchev–Trinajstić information content (AvgIpc) is 2.79. The zero-order valence-corrected chi connectivity index (χ0v) is 17.6. The van der Waals surface area contributed by atoms with Gasteiger partial charge in [-0.15, -0.1) is 0 Å². The van der Waals surface area contributed by atoms with Crippen molar-refractivity contribution in [1.29, 1.82) is 0 Å². The molecule has 0 saturated carbocycles. The van der Waals surface area contributed by atoms with Crippen molar-refractivity contribution in [3.8, 4) is 23.0 Å². The van der Waals surface area contributed by atoms with Crippen molar-refractivity contribution in [2.24, 2.45) is 0 Å². The first-order chi connectivity index (χ1) is 15.5. The summed E-state index contributed by atoms with van der Waals surface area (Å²) >= 11 is 0. The van der Waals surface area contributed by atoms with Crippen LogP contribution in [0.4, 0.5) is 13.2 Å². The SMILES string of the molecule is COCCCc1ccc(-c2cc(F)c(C#Cc3ccc4cc(F)ccc4c3)c(F)c2)cc1. The molecule has 0 fully saturated rings. The van der Waals surface area contributed by atoms with Crippen LogP contribution >= 0.6 is 0 Å². The highest BCUT2D eigenvalue weighted by molar-refractivity contribution is 5.84. The van der Waals surface area contributed by atoms with Crippen LogP contribution in [0.3, 0.4) is 0 Å². The number of rotatable bonds is 5. The van der Waals surface area contributed by atoms with Crippen LogP contribution in [-0.2, 0) is 11.2 Å². The molecule has 160 valence electrons. The lowest BCUT2D eigenvalue weighted by Gasteiger charge is -2.07. The summed E-state index contributed by atoms with van der Waals surface area (Å²) in [7, 11) is 1.67. The largest absolute Gasteiger partial charge is 0.385 e. The number of benzene rings is 4. The van der Waals surface area contributed by atoms with Crippen LogP contribution < -0.4 is 0 Å². The van der Waals surface area contributed by atoms with E-state index >= 15 is 0 Å².